The van der Waals surface area contributed by atoms with E-state index in [4.69, 9.17) is 14.0 Å². The van der Waals surface area contributed by atoms with Crippen LogP contribution in [-0.4, -0.2) is 55.5 Å². The van der Waals surface area contributed by atoms with Crippen LogP contribution in [0.25, 0.3) is 11.0 Å². The normalized spacial score (nSPS) is 27.0. The second kappa shape index (κ2) is 10.6. The van der Waals surface area contributed by atoms with E-state index in [9.17, 15) is 9.18 Å². The van der Waals surface area contributed by atoms with Crippen LogP contribution in [0.2, 0.25) is 0 Å². The lowest BCUT2D eigenvalue weighted by Gasteiger charge is -2.35. The Kier molecular flexibility index (Phi) is 7.32. The lowest BCUT2D eigenvalue weighted by molar-refractivity contribution is -0.187. The van der Waals surface area contributed by atoms with Crippen LogP contribution in [0.3, 0.4) is 0 Å². The number of fused-ring (bicyclic) bond motifs is 1. The highest BCUT2D eigenvalue weighted by Crippen LogP contribution is 2.39. The van der Waals surface area contributed by atoms with E-state index in [0.717, 1.165) is 61.8 Å². The third kappa shape index (κ3) is 5.01. The van der Waals surface area contributed by atoms with Gasteiger partial charge in [-0.25, -0.2) is 4.39 Å². The summed E-state index contributed by atoms with van der Waals surface area (Å²) in [5.74, 6) is -0.762. The summed E-state index contributed by atoms with van der Waals surface area (Å²) in [5, 5.41) is 5.16. The average molecular weight is 493 g/mol. The molecule has 190 valence electrons. The van der Waals surface area contributed by atoms with Crippen molar-refractivity contribution in [1.82, 2.24) is 10.1 Å². The van der Waals surface area contributed by atoms with E-state index in [0.29, 0.717) is 30.9 Å². The Balaban J connectivity index is 1.08. The molecule has 7 heteroatoms. The highest BCUT2D eigenvalue weighted by molar-refractivity contribution is 5.80. The molecular weight excluding hydrogens is 459 g/mol. The van der Waals surface area contributed by atoms with Gasteiger partial charge in [0.05, 0.1) is 17.7 Å². The van der Waals surface area contributed by atoms with Gasteiger partial charge in [-0.05, 0) is 62.6 Å². The van der Waals surface area contributed by atoms with Crippen molar-refractivity contribution in [3.63, 3.8) is 0 Å². The van der Waals surface area contributed by atoms with Crippen molar-refractivity contribution in [1.29, 1.82) is 0 Å². The molecular formula is C29H33FN2O4. The fraction of sp³-hybridized carbons (Fsp3) is 0.448. The van der Waals surface area contributed by atoms with Crippen LogP contribution < -0.4 is 0 Å². The molecule has 2 atom stereocenters. The van der Waals surface area contributed by atoms with Crippen molar-refractivity contribution in [2.24, 2.45) is 5.41 Å². The van der Waals surface area contributed by atoms with E-state index in [1.165, 1.54) is 12.1 Å². The minimum Gasteiger partial charge on any atom is -0.356 e. The molecule has 1 fully saturated rings. The number of aromatic nitrogens is 1. The van der Waals surface area contributed by atoms with Crippen molar-refractivity contribution in [3.05, 3.63) is 77.8 Å². The van der Waals surface area contributed by atoms with E-state index in [1.54, 1.807) is 13.2 Å². The summed E-state index contributed by atoms with van der Waals surface area (Å²) in [4.78, 5) is 14.3. The Hall–Kier alpha value is -2.87. The number of nitrogens with zero attached hydrogens (tertiary/aromatic N) is 2. The van der Waals surface area contributed by atoms with Gasteiger partial charge in [-0.1, -0.05) is 41.6 Å². The molecule has 0 saturated carbocycles. The number of allylic oxidation sites excluding steroid dienone is 6. The monoisotopic (exact) mass is 492 g/mol. The van der Waals surface area contributed by atoms with Crippen molar-refractivity contribution in [2.75, 3.05) is 33.4 Å². The van der Waals surface area contributed by atoms with E-state index in [-0.39, 0.29) is 5.82 Å². The molecule has 0 radical (unpaired) electrons. The summed E-state index contributed by atoms with van der Waals surface area (Å²) in [6.07, 6.45) is 19.0. The van der Waals surface area contributed by atoms with E-state index >= 15 is 0 Å². The number of carbonyl (C=O) groups is 1. The SMILES string of the molecule is COC1(OCCCN2CCC(c3noc4cc(F)ccc34)CC2)C=CC(C2(C=O)C=CC=CC2)=CC1. The summed E-state index contributed by atoms with van der Waals surface area (Å²) in [5.41, 5.74) is 1.86. The van der Waals surface area contributed by atoms with Crippen LogP contribution in [0.5, 0.6) is 0 Å². The average Bonchev–Trinajstić information content (AvgIpc) is 3.35. The molecule has 0 spiro atoms. The van der Waals surface area contributed by atoms with Gasteiger partial charge in [0.1, 0.15) is 12.1 Å². The first-order valence-electron chi connectivity index (χ1n) is 12.7. The predicted octanol–water partition coefficient (Wildman–Crippen LogP) is 5.48. The van der Waals surface area contributed by atoms with E-state index < -0.39 is 11.2 Å². The second-order valence-corrected chi connectivity index (χ2v) is 9.89. The molecule has 0 bridgehead atoms. The fourth-order valence-corrected chi connectivity index (χ4v) is 5.46. The molecule has 6 nitrogen and oxygen atoms in total. The molecule has 1 aromatic carbocycles. The molecule has 2 aliphatic carbocycles. The van der Waals surface area contributed by atoms with Crippen molar-refractivity contribution >= 4 is 17.3 Å². The van der Waals surface area contributed by atoms with Crippen molar-refractivity contribution in [3.8, 4) is 0 Å². The number of benzene rings is 1. The summed E-state index contributed by atoms with van der Waals surface area (Å²) in [6, 6.07) is 4.63. The maximum atomic E-state index is 13.4. The Morgan fingerprint density at radius 2 is 2.08 bits per heavy atom. The highest BCUT2D eigenvalue weighted by atomic mass is 19.1. The number of aldehydes is 1. The van der Waals surface area contributed by atoms with Gasteiger partial charge < -0.3 is 23.7 Å². The Morgan fingerprint density at radius 1 is 1.22 bits per heavy atom. The maximum absolute atomic E-state index is 13.4. The Bertz CT molecular complexity index is 1210. The lowest BCUT2D eigenvalue weighted by atomic mass is 9.74. The van der Waals surface area contributed by atoms with Crippen LogP contribution >= 0.6 is 0 Å². The molecule has 1 aromatic heterocycles. The predicted molar refractivity (Wildman–Crippen MR) is 136 cm³/mol. The molecule has 2 aromatic rings. The number of likely N-dealkylation sites (tertiary alicyclic amines) is 1. The number of halogens is 1. The third-order valence-electron chi connectivity index (χ3n) is 7.71. The first-order valence-corrected chi connectivity index (χ1v) is 12.7. The van der Waals surface area contributed by atoms with Gasteiger partial charge in [0.25, 0.3) is 0 Å². The Labute approximate surface area is 211 Å². The number of carbonyl (C=O) groups excluding carboxylic acids is 1. The quantitative estimate of drug-likeness (QED) is 0.262. The van der Waals surface area contributed by atoms with Gasteiger partial charge in [0, 0.05) is 37.4 Å². The van der Waals surface area contributed by atoms with E-state index in [2.05, 4.69) is 16.1 Å². The molecule has 0 amide bonds. The number of ether oxygens (including phenoxy) is 2. The second-order valence-electron chi connectivity index (χ2n) is 9.89. The molecule has 3 aliphatic rings. The Morgan fingerprint density at radius 3 is 2.78 bits per heavy atom. The minimum atomic E-state index is -0.789. The van der Waals surface area contributed by atoms with Crippen LogP contribution in [0.4, 0.5) is 4.39 Å². The molecule has 0 N–H and O–H groups in total. The number of rotatable bonds is 9. The van der Waals surface area contributed by atoms with Crippen LogP contribution in [-0.2, 0) is 14.3 Å². The number of piperidine rings is 1. The van der Waals surface area contributed by atoms with E-state index in [1.807, 2.05) is 36.5 Å². The molecule has 1 saturated heterocycles. The first-order chi connectivity index (χ1) is 17.6. The van der Waals surface area contributed by atoms with Gasteiger partial charge in [-0.15, -0.1) is 0 Å². The molecule has 2 heterocycles. The summed E-state index contributed by atoms with van der Waals surface area (Å²) in [7, 11) is 1.66. The van der Waals surface area contributed by atoms with Gasteiger partial charge in [-0.2, -0.15) is 0 Å². The zero-order valence-electron chi connectivity index (χ0n) is 20.7. The van der Waals surface area contributed by atoms with Gasteiger partial charge in [-0.3, -0.25) is 0 Å². The van der Waals surface area contributed by atoms with Crippen LogP contribution in [0.1, 0.15) is 43.7 Å². The topological polar surface area (TPSA) is 64.8 Å². The standard InChI is InChI=1S/C29H33FN2O4/c1-34-29(14-8-23(9-15-29)28(21-33)12-3-2-4-13-28)35-19-5-16-32-17-10-22(11-18-32)27-25-7-6-24(30)20-26(25)36-31-27/h2-4,6-9,12,14,20-22H,5,10-11,13,15-19H2,1H3. The lowest BCUT2D eigenvalue weighted by Crippen LogP contribution is -2.37. The maximum Gasteiger partial charge on any atom is 0.191 e. The molecule has 36 heavy (non-hydrogen) atoms. The summed E-state index contributed by atoms with van der Waals surface area (Å²) >= 11 is 0. The van der Waals surface area contributed by atoms with Crippen molar-refractivity contribution in [2.45, 2.75) is 43.8 Å². The number of hydrogen-bond acceptors (Lipinski definition) is 6. The highest BCUT2D eigenvalue weighted by Gasteiger charge is 2.36. The van der Waals surface area contributed by atoms with Crippen LogP contribution in [0, 0.1) is 11.2 Å². The zero-order chi connectivity index (χ0) is 25.0. The smallest absolute Gasteiger partial charge is 0.191 e. The van der Waals surface area contributed by atoms with Crippen molar-refractivity contribution < 1.29 is 23.2 Å². The molecule has 2 unspecified atom stereocenters. The molecule has 5 rings (SSSR count). The summed E-state index contributed by atoms with van der Waals surface area (Å²) < 4.78 is 30.7. The largest absolute Gasteiger partial charge is 0.356 e. The van der Waals surface area contributed by atoms with Gasteiger partial charge >= 0.3 is 0 Å². The zero-order valence-corrected chi connectivity index (χ0v) is 20.7. The molecule has 1 aliphatic heterocycles. The van der Waals surface area contributed by atoms with Crippen LogP contribution in [0.15, 0.2) is 70.8 Å². The minimum absolute atomic E-state index is 0.304. The number of methoxy groups -OCH3 is 1. The van der Waals surface area contributed by atoms with Gasteiger partial charge in [0.15, 0.2) is 11.4 Å². The fourth-order valence-electron chi connectivity index (χ4n) is 5.46. The van der Waals surface area contributed by atoms with Gasteiger partial charge in [0.2, 0.25) is 0 Å². The summed E-state index contributed by atoms with van der Waals surface area (Å²) in [6.45, 7) is 3.50. The number of hydrogen-bond donors (Lipinski definition) is 0. The first kappa shape index (κ1) is 24.8. The third-order valence-corrected chi connectivity index (χ3v) is 7.71.